The maximum atomic E-state index is 6.22. The molecule has 0 saturated heterocycles. The summed E-state index contributed by atoms with van der Waals surface area (Å²) in [5.74, 6) is 0. The van der Waals surface area contributed by atoms with Gasteiger partial charge in [-0.05, 0) is 18.5 Å². The summed E-state index contributed by atoms with van der Waals surface area (Å²) in [6.45, 7) is 3.00. The molecule has 0 bridgehead atoms. The van der Waals surface area contributed by atoms with Crippen LogP contribution in [0.25, 0.3) is 0 Å². The van der Waals surface area contributed by atoms with Crippen molar-refractivity contribution in [3.63, 3.8) is 0 Å². The number of benzene rings is 1. The molecule has 18 heavy (non-hydrogen) atoms. The predicted molar refractivity (Wildman–Crippen MR) is 74.8 cm³/mol. The second kappa shape index (κ2) is 6.03. The molecule has 2 aromatic rings. The van der Waals surface area contributed by atoms with Gasteiger partial charge < -0.3 is 5.32 Å². The second-order valence-corrected chi connectivity index (χ2v) is 4.71. The van der Waals surface area contributed by atoms with Crippen molar-refractivity contribution in [2.75, 3.05) is 6.54 Å². The quantitative estimate of drug-likeness (QED) is 0.899. The number of hydrogen-bond acceptors (Lipinski definition) is 2. The lowest BCUT2D eigenvalue weighted by Crippen LogP contribution is -2.25. The smallest absolute Gasteiger partial charge is 0.0834 e. The van der Waals surface area contributed by atoms with E-state index in [-0.39, 0.29) is 6.04 Å². The molecule has 1 unspecified atom stereocenters. The van der Waals surface area contributed by atoms with Gasteiger partial charge in [0.15, 0.2) is 0 Å². The summed E-state index contributed by atoms with van der Waals surface area (Å²) in [7, 11) is 1.93. The van der Waals surface area contributed by atoms with Crippen LogP contribution in [0.3, 0.4) is 0 Å². The molecule has 3 nitrogen and oxygen atoms in total. The van der Waals surface area contributed by atoms with Crippen LogP contribution < -0.4 is 5.32 Å². The number of nitrogens with zero attached hydrogens (tertiary/aromatic N) is 2. The Labute approximate surface area is 113 Å². The molecule has 1 N–H and O–H groups in total. The molecule has 0 aliphatic rings. The van der Waals surface area contributed by atoms with Crippen LogP contribution in [-0.4, -0.2) is 16.3 Å². The second-order valence-electron chi connectivity index (χ2n) is 4.30. The molecule has 4 heteroatoms. The van der Waals surface area contributed by atoms with E-state index in [4.69, 9.17) is 11.6 Å². The summed E-state index contributed by atoms with van der Waals surface area (Å²) >= 11 is 6.22. The van der Waals surface area contributed by atoms with Gasteiger partial charge in [0.25, 0.3) is 0 Å². The number of nitrogens with one attached hydrogen (secondary N) is 1. The van der Waals surface area contributed by atoms with Crippen LogP contribution in [0.1, 0.15) is 24.2 Å². The zero-order valence-electron chi connectivity index (χ0n) is 10.7. The van der Waals surface area contributed by atoms with Gasteiger partial charge in [-0.1, -0.05) is 48.9 Å². The van der Waals surface area contributed by atoms with Crippen LogP contribution in [-0.2, 0) is 13.5 Å². The third kappa shape index (κ3) is 2.92. The molecule has 0 aliphatic heterocycles. The first kappa shape index (κ1) is 13.1. The number of aromatic nitrogens is 2. The topological polar surface area (TPSA) is 29.9 Å². The van der Waals surface area contributed by atoms with Crippen molar-refractivity contribution in [3.05, 3.63) is 52.8 Å². The maximum absolute atomic E-state index is 6.22. The first-order valence-corrected chi connectivity index (χ1v) is 6.55. The molecular formula is C14H18ClN3. The minimum atomic E-state index is 0.192. The molecule has 1 heterocycles. The van der Waals surface area contributed by atoms with Crippen molar-refractivity contribution in [1.29, 1.82) is 0 Å². The largest absolute Gasteiger partial charge is 0.309 e. The van der Waals surface area contributed by atoms with E-state index in [0.717, 1.165) is 23.7 Å². The lowest BCUT2D eigenvalue weighted by atomic mass is 10.0. The highest BCUT2D eigenvalue weighted by Gasteiger charge is 2.18. The van der Waals surface area contributed by atoms with Crippen molar-refractivity contribution in [2.24, 2.45) is 7.05 Å². The summed E-state index contributed by atoms with van der Waals surface area (Å²) in [5, 5.41) is 8.40. The Bertz CT molecular complexity index is 473. The van der Waals surface area contributed by atoms with E-state index in [1.54, 1.807) is 6.20 Å². The first-order valence-electron chi connectivity index (χ1n) is 6.17. The van der Waals surface area contributed by atoms with Crippen LogP contribution in [0, 0.1) is 0 Å². The highest BCUT2D eigenvalue weighted by Crippen LogP contribution is 2.25. The van der Waals surface area contributed by atoms with E-state index in [1.165, 1.54) is 5.56 Å². The Hall–Kier alpha value is -1.32. The molecule has 0 saturated carbocycles. The molecule has 96 valence electrons. The van der Waals surface area contributed by atoms with Gasteiger partial charge in [-0.2, -0.15) is 5.10 Å². The van der Waals surface area contributed by atoms with E-state index in [2.05, 4.69) is 41.6 Å². The van der Waals surface area contributed by atoms with Crippen LogP contribution in [0.4, 0.5) is 0 Å². The average molecular weight is 264 g/mol. The van der Waals surface area contributed by atoms with Gasteiger partial charge in [0.2, 0.25) is 0 Å². The number of aryl methyl sites for hydroxylation is 1. The third-order valence-corrected chi connectivity index (χ3v) is 3.29. The van der Waals surface area contributed by atoms with E-state index in [0.29, 0.717) is 0 Å². The molecule has 0 fully saturated rings. The fourth-order valence-electron chi connectivity index (χ4n) is 2.17. The highest BCUT2D eigenvalue weighted by molar-refractivity contribution is 6.31. The van der Waals surface area contributed by atoms with Crippen molar-refractivity contribution in [2.45, 2.75) is 19.4 Å². The van der Waals surface area contributed by atoms with Gasteiger partial charge >= 0.3 is 0 Å². The normalized spacial score (nSPS) is 12.6. The Morgan fingerprint density at radius 3 is 2.61 bits per heavy atom. The zero-order valence-corrected chi connectivity index (χ0v) is 11.5. The molecule has 0 aliphatic carbocycles. The molecule has 1 aromatic carbocycles. The summed E-state index contributed by atoms with van der Waals surface area (Å²) < 4.78 is 1.85. The summed E-state index contributed by atoms with van der Waals surface area (Å²) in [4.78, 5) is 0. The molecule has 0 radical (unpaired) electrons. The maximum Gasteiger partial charge on any atom is 0.0834 e. The standard InChI is InChI=1S/C14H18ClN3/c1-3-16-13(9-11-7-5-4-6-8-11)14-12(15)10-17-18(14)2/h4-8,10,13,16H,3,9H2,1-2H3. The number of hydrogen-bond donors (Lipinski definition) is 1. The Kier molecular flexibility index (Phi) is 4.39. The van der Waals surface area contributed by atoms with Crippen LogP contribution in [0.2, 0.25) is 5.02 Å². The van der Waals surface area contributed by atoms with Crippen LogP contribution >= 0.6 is 11.6 Å². The SMILES string of the molecule is CCNC(Cc1ccccc1)c1c(Cl)cnn1C. The molecular weight excluding hydrogens is 246 g/mol. The van der Waals surface area contributed by atoms with Crippen LogP contribution in [0.15, 0.2) is 36.5 Å². The molecule has 1 atom stereocenters. The monoisotopic (exact) mass is 263 g/mol. The van der Waals surface area contributed by atoms with Gasteiger partial charge in [0, 0.05) is 7.05 Å². The van der Waals surface area contributed by atoms with E-state index in [1.807, 2.05) is 17.8 Å². The molecule has 2 rings (SSSR count). The van der Waals surface area contributed by atoms with Gasteiger partial charge in [-0.3, -0.25) is 4.68 Å². The average Bonchev–Trinajstić information content (AvgIpc) is 2.70. The van der Waals surface area contributed by atoms with Crippen molar-refractivity contribution in [3.8, 4) is 0 Å². The zero-order chi connectivity index (χ0) is 13.0. The summed E-state index contributed by atoms with van der Waals surface area (Å²) in [6, 6.07) is 10.6. The number of likely N-dealkylation sites (N-methyl/N-ethyl adjacent to an activating group) is 1. The Morgan fingerprint density at radius 1 is 1.33 bits per heavy atom. The number of halogens is 1. The van der Waals surface area contributed by atoms with Crippen molar-refractivity contribution < 1.29 is 0 Å². The molecule has 0 amide bonds. The predicted octanol–water partition coefficient (Wildman–Crippen LogP) is 2.97. The van der Waals surface area contributed by atoms with Crippen molar-refractivity contribution >= 4 is 11.6 Å². The van der Waals surface area contributed by atoms with E-state index in [9.17, 15) is 0 Å². The summed E-state index contributed by atoms with van der Waals surface area (Å²) in [5.41, 5.74) is 2.34. The van der Waals surface area contributed by atoms with Gasteiger partial charge in [0.1, 0.15) is 0 Å². The first-order chi connectivity index (χ1) is 8.72. The lowest BCUT2D eigenvalue weighted by Gasteiger charge is -2.19. The van der Waals surface area contributed by atoms with E-state index >= 15 is 0 Å². The van der Waals surface area contributed by atoms with E-state index < -0.39 is 0 Å². The minimum Gasteiger partial charge on any atom is -0.309 e. The molecule has 0 spiro atoms. The lowest BCUT2D eigenvalue weighted by molar-refractivity contribution is 0.508. The van der Waals surface area contributed by atoms with Crippen LogP contribution in [0.5, 0.6) is 0 Å². The van der Waals surface area contributed by atoms with Crippen molar-refractivity contribution in [1.82, 2.24) is 15.1 Å². The fraction of sp³-hybridized carbons (Fsp3) is 0.357. The fourth-order valence-corrected chi connectivity index (χ4v) is 2.47. The third-order valence-electron chi connectivity index (χ3n) is 3.00. The van der Waals surface area contributed by atoms with Gasteiger partial charge in [-0.15, -0.1) is 0 Å². The summed E-state index contributed by atoms with van der Waals surface area (Å²) in [6.07, 6.45) is 2.61. The Morgan fingerprint density at radius 2 is 2.06 bits per heavy atom. The minimum absolute atomic E-state index is 0.192. The van der Waals surface area contributed by atoms with Gasteiger partial charge in [0.05, 0.1) is 23.0 Å². The van der Waals surface area contributed by atoms with Gasteiger partial charge in [-0.25, -0.2) is 0 Å². The molecule has 1 aromatic heterocycles. The Balaban J connectivity index is 2.24. The number of rotatable bonds is 5. The highest BCUT2D eigenvalue weighted by atomic mass is 35.5.